The van der Waals surface area contributed by atoms with Gasteiger partial charge in [-0.2, -0.15) is 0 Å². The molecular weight excluding hydrogens is 439 g/mol. The molecule has 1 aliphatic rings. The Bertz CT molecular complexity index is 1200. The van der Waals surface area contributed by atoms with Crippen molar-refractivity contribution in [2.24, 2.45) is 0 Å². The molecule has 3 aromatic carbocycles. The second-order valence-corrected chi connectivity index (χ2v) is 7.77. The number of carbonyl (C=O) groups excluding carboxylic acids is 3. The molecule has 7 nitrogen and oxygen atoms in total. The molecule has 174 valence electrons. The van der Waals surface area contributed by atoms with Crippen molar-refractivity contribution in [3.8, 4) is 5.75 Å². The molecule has 8 heteroatoms. The molecule has 0 radical (unpaired) electrons. The summed E-state index contributed by atoms with van der Waals surface area (Å²) >= 11 is 0. The largest absolute Gasteiger partial charge is 0.489 e. The summed E-state index contributed by atoms with van der Waals surface area (Å²) in [7, 11) is 0. The minimum Gasteiger partial charge on any atom is -0.489 e. The minimum absolute atomic E-state index is 0.0567. The molecule has 1 heterocycles. The number of rotatable bonds is 8. The Morgan fingerprint density at radius 1 is 1.00 bits per heavy atom. The van der Waals surface area contributed by atoms with Gasteiger partial charge in [0.25, 0.3) is 5.91 Å². The third kappa shape index (κ3) is 5.98. The third-order valence-electron chi connectivity index (χ3n) is 5.24. The zero-order chi connectivity index (χ0) is 23.9. The van der Waals surface area contributed by atoms with E-state index in [2.05, 4.69) is 5.32 Å². The van der Waals surface area contributed by atoms with Gasteiger partial charge in [-0.15, -0.1) is 0 Å². The van der Waals surface area contributed by atoms with Crippen molar-refractivity contribution in [3.63, 3.8) is 0 Å². The molecule has 1 fully saturated rings. The van der Waals surface area contributed by atoms with Crippen LogP contribution in [0.3, 0.4) is 0 Å². The molecule has 0 aliphatic carbocycles. The van der Waals surface area contributed by atoms with Gasteiger partial charge in [-0.1, -0.05) is 24.3 Å². The highest BCUT2D eigenvalue weighted by Gasteiger charge is 2.22. The Labute approximate surface area is 196 Å². The summed E-state index contributed by atoms with van der Waals surface area (Å²) in [6.45, 7) is 0.399. The van der Waals surface area contributed by atoms with Crippen molar-refractivity contribution in [2.75, 3.05) is 23.4 Å². The van der Waals surface area contributed by atoms with Gasteiger partial charge in [0.1, 0.15) is 18.2 Å². The fourth-order valence-electron chi connectivity index (χ4n) is 3.54. The average molecular weight is 462 g/mol. The Kier molecular flexibility index (Phi) is 7.17. The number of nitrogens with zero attached hydrogens (tertiary/aromatic N) is 1. The van der Waals surface area contributed by atoms with Crippen molar-refractivity contribution < 1.29 is 28.2 Å². The molecule has 2 amide bonds. The molecule has 0 bridgehead atoms. The number of esters is 1. The number of ether oxygens (including phenoxy) is 2. The van der Waals surface area contributed by atoms with E-state index in [0.717, 1.165) is 17.7 Å². The first-order valence-electron chi connectivity index (χ1n) is 10.8. The number of carbonyl (C=O) groups is 3. The third-order valence-corrected chi connectivity index (χ3v) is 5.24. The second-order valence-electron chi connectivity index (χ2n) is 7.77. The Morgan fingerprint density at radius 3 is 2.56 bits per heavy atom. The van der Waals surface area contributed by atoms with Crippen LogP contribution in [-0.2, 0) is 20.9 Å². The van der Waals surface area contributed by atoms with Crippen LogP contribution in [0, 0.1) is 5.82 Å². The molecule has 1 aliphatic heterocycles. The van der Waals surface area contributed by atoms with Crippen LogP contribution in [0.1, 0.15) is 28.8 Å². The first kappa shape index (κ1) is 23.0. The number of hydrogen-bond donors (Lipinski definition) is 1. The number of benzene rings is 3. The molecular formula is C26H23FN2O5. The van der Waals surface area contributed by atoms with Gasteiger partial charge >= 0.3 is 5.97 Å². The van der Waals surface area contributed by atoms with E-state index in [-0.39, 0.29) is 23.9 Å². The maximum atomic E-state index is 13.0. The molecule has 0 spiro atoms. The van der Waals surface area contributed by atoms with Crippen molar-refractivity contribution in [2.45, 2.75) is 19.4 Å². The molecule has 1 N–H and O–H groups in total. The Morgan fingerprint density at radius 2 is 1.79 bits per heavy atom. The van der Waals surface area contributed by atoms with Crippen molar-refractivity contribution in [1.82, 2.24) is 0 Å². The Balaban J connectivity index is 1.28. The van der Waals surface area contributed by atoms with Crippen molar-refractivity contribution in [1.29, 1.82) is 0 Å². The first-order chi connectivity index (χ1) is 16.5. The topological polar surface area (TPSA) is 84.9 Å². The lowest BCUT2D eigenvalue weighted by molar-refractivity contribution is -0.119. The Hall–Kier alpha value is -4.20. The van der Waals surface area contributed by atoms with E-state index in [1.54, 1.807) is 53.4 Å². The average Bonchev–Trinajstić information content (AvgIpc) is 3.28. The van der Waals surface area contributed by atoms with Gasteiger partial charge in [0.05, 0.1) is 5.56 Å². The van der Waals surface area contributed by atoms with Gasteiger partial charge in [0, 0.05) is 24.3 Å². The predicted molar refractivity (Wildman–Crippen MR) is 124 cm³/mol. The fourth-order valence-corrected chi connectivity index (χ4v) is 3.54. The molecule has 34 heavy (non-hydrogen) atoms. The van der Waals surface area contributed by atoms with Gasteiger partial charge in [0.15, 0.2) is 6.61 Å². The van der Waals surface area contributed by atoms with E-state index < -0.39 is 18.5 Å². The summed E-state index contributed by atoms with van der Waals surface area (Å²) in [5, 5.41) is 2.68. The quantitative estimate of drug-likeness (QED) is 0.504. The predicted octanol–water partition coefficient (Wildman–Crippen LogP) is 4.33. The van der Waals surface area contributed by atoms with E-state index in [4.69, 9.17) is 9.47 Å². The number of amides is 2. The number of anilines is 2. The van der Waals surface area contributed by atoms with Crippen LogP contribution in [0.15, 0.2) is 72.8 Å². The summed E-state index contributed by atoms with van der Waals surface area (Å²) in [6, 6.07) is 19.3. The van der Waals surface area contributed by atoms with Gasteiger partial charge in [-0.05, 0) is 60.5 Å². The highest BCUT2D eigenvalue weighted by atomic mass is 19.1. The van der Waals surface area contributed by atoms with Crippen LogP contribution in [-0.4, -0.2) is 30.9 Å². The highest BCUT2D eigenvalue weighted by Crippen LogP contribution is 2.24. The summed E-state index contributed by atoms with van der Waals surface area (Å²) in [4.78, 5) is 38.3. The summed E-state index contributed by atoms with van der Waals surface area (Å²) in [5.74, 6) is -0.995. The van der Waals surface area contributed by atoms with Crippen molar-refractivity contribution in [3.05, 3.63) is 89.7 Å². The van der Waals surface area contributed by atoms with Crippen LogP contribution in [0.2, 0.25) is 0 Å². The number of halogens is 1. The summed E-state index contributed by atoms with van der Waals surface area (Å²) in [6.07, 6.45) is 1.33. The molecule has 0 aromatic heterocycles. The molecule has 0 atom stereocenters. The SMILES string of the molecule is O=C(COC(=O)c1cccc(OCc2ccc(F)cc2)c1)Nc1cccc(N2CCCC2=O)c1. The summed E-state index contributed by atoms with van der Waals surface area (Å²) in [5.41, 5.74) is 2.24. The lowest BCUT2D eigenvalue weighted by atomic mass is 10.2. The van der Waals surface area contributed by atoms with Crippen LogP contribution >= 0.6 is 0 Å². The van der Waals surface area contributed by atoms with Crippen molar-refractivity contribution >= 4 is 29.2 Å². The summed E-state index contributed by atoms with van der Waals surface area (Å²) < 4.78 is 23.8. The van der Waals surface area contributed by atoms with Gasteiger partial charge in [-0.3, -0.25) is 9.59 Å². The van der Waals surface area contributed by atoms with E-state index in [1.807, 2.05) is 6.07 Å². The molecule has 0 unspecified atom stereocenters. The molecule has 1 saturated heterocycles. The molecule has 4 rings (SSSR count). The first-order valence-corrected chi connectivity index (χ1v) is 10.8. The van der Waals surface area contributed by atoms with E-state index >= 15 is 0 Å². The smallest absolute Gasteiger partial charge is 0.338 e. The van der Waals surface area contributed by atoms with E-state index in [9.17, 15) is 18.8 Å². The normalized spacial score (nSPS) is 13.0. The van der Waals surface area contributed by atoms with Crippen LogP contribution < -0.4 is 15.0 Å². The number of nitrogens with one attached hydrogen (secondary N) is 1. The number of hydrogen-bond acceptors (Lipinski definition) is 5. The van der Waals surface area contributed by atoms with Gasteiger partial charge < -0.3 is 19.7 Å². The standard InChI is InChI=1S/C26H23FN2O5/c27-20-11-9-18(10-12-20)16-33-23-7-1-4-19(14-23)26(32)34-17-24(30)28-21-5-2-6-22(15-21)29-13-3-8-25(29)31/h1-2,4-7,9-12,14-15H,3,8,13,16-17H2,(H,28,30). The minimum atomic E-state index is -0.668. The second kappa shape index (κ2) is 10.6. The van der Waals surface area contributed by atoms with Crippen LogP contribution in [0.5, 0.6) is 5.75 Å². The van der Waals surface area contributed by atoms with E-state index in [1.165, 1.54) is 18.2 Å². The molecule has 0 saturated carbocycles. The zero-order valence-electron chi connectivity index (χ0n) is 18.3. The lowest BCUT2D eigenvalue weighted by Gasteiger charge is -2.16. The highest BCUT2D eigenvalue weighted by molar-refractivity contribution is 5.98. The van der Waals surface area contributed by atoms with E-state index in [0.29, 0.717) is 24.4 Å². The van der Waals surface area contributed by atoms with Gasteiger partial charge in [0.2, 0.25) is 5.91 Å². The maximum absolute atomic E-state index is 13.0. The zero-order valence-corrected chi connectivity index (χ0v) is 18.3. The molecule has 3 aromatic rings. The maximum Gasteiger partial charge on any atom is 0.338 e. The van der Waals surface area contributed by atoms with Crippen LogP contribution in [0.4, 0.5) is 15.8 Å². The monoisotopic (exact) mass is 462 g/mol. The fraction of sp³-hybridized carbons (Fsp3) is 0.192. The van der Waals surface area contributed by atoms with Crippen LogP contribution in [0.25, 0.3) is 0 Å². The van der Waals surface area contributed by atoms with Gasteiger partial charge in [-0.25, -0.2) is 9.18 Å². The lowest BCUT2D eigenvalue weighted by Crippen LogP contribution is -2.24.